The van der Waals surface area contributed by atoms with Crippen molar-refractivity contribution in [1.82, 2.24) is 24.8 Å². The Morgan fingerprint density at radius 2 is 1.68 bits per heavy atom. The number of fused-ring (bicyclic) bond motifs is 4. The Bertz CT molecular complexity index is 1950. The summed E-state index contributed by atoms with van der Waals surface area (Å²) >= 11 is 0. The number of sulfonamides is 1. The summed E-state index contributed by atoms with van der Waals surface area (Å²) in [4.78, 5) is 36.6. The first-order chi connectivity index (χ1) is 23.6. The van der Waals surface area contributed by atoms with Gasteiger partial charge in [-0.1, -0.05) is 45.0 Å². The molecule has 1 fully saturated rings. The molecule has 0 unspecified atom stereocenters. The quantitative estimate of drug-likeness (QED) is 0.252. The number of nitrogens with one attached hydrogen (secondary N) is 1. The van der Waals surface area contributed by atoms with Crippen LogP contribution in [0.25, 0.3) is 11.3 Å². The second-order valence-corrected chi connectivity index (χ2v) is 16.2. The van der Waals surface area contributed by atoms with Crippen molar-refractivity contribution >= 4 is 27.6 Å². The van der Waals surface area contributed by atoms with Crippen LogP contribution in [0.4, 0.5) is 11.6 Å². The van der Waals surface area contributed by atoms with Crippen LogP contribution < -0.4 is 14.4 Å². The number of anilines is 2. The van der Waals surface area contributed by atoms with E-state index in [1.807, 2.05) is 45.9 Å². The number of carbonyl (C=O) groups is 1. The summed E-state index contributed by atoms with van der Waals surface area (Å²) < 4.78 is 42.2. The monoisotopic (exact) mass is 699 g/mol. The molecule has 1 amide bonds. The molecule has 13 heteroatoms. The Balaban J connectivity index is 1.39. The van der Waals surface area contributed by atoms with Gasteiger partial charge in [0.2, 0.25) is 11.8 Å². The minimum atomic E-state index is -4.18. The van der Waals surface area contributed by atoms with Gasteiger partial charge in [-0.2, -0.15) is 4.98 Å². The highest BCUT2D eigenvalue weighted by Gasteiger charge is 2.33. The van der Waals surface area contributed by atoms with Crippen LogP contribution in [0.1, 0.15) is 68.3 Å². The van der Waals surface area contributed by atoms with Gasteiger partial charge in [-0.25, -0.2) is 28.1 Å². The first-order valence-corrected chi connectivity index (χ1v) is 18.4. The molecule has 4 aromatic rings. The van der Waals surface area contributed by atoms with Crippen molar-refractivity contribution in [3.8, 4) is 17.1 Å². The molecule has 1 atom stereocenters. The number of hydrogen-bond donors (Lipinski definition) is 1. The maximum Gasteiger partial charge on any atom is 0.264 e. The van der Waals surface area contributed by atoms with E-state index in [9.17, 15) is 13.2 Å². The Hall–Kier alpha value is -4.62. The fourth-order valence-electron chi connectivity index (χ4n) is 6.41. The van der Waals surface area contributed by atoms with E-state index in [4.69, 9.17) is 9.47 Å². The summed E-state index contributed by atoms with van der Waals surface area (Å²) in [7, 11) is -4.18. The summed E-state index contributed by atoms with van der Waals surface area (Å²) in [5, 5.41) is 0. The van der Waals surface area contributed by atoms with Crippen LogP contribution in [-0.2, 0) is 21.3 Å². The average molecular weight is 700 g/mol. The zero-order chi connectivity index (χ0) is 35.8. The number of hydrogen-bond acceptors (Lipinski definition) is 10. The molecular weight excluding hydrogens is 655 g/mol. The van der Waals surface area contributed by atoms with Crippen LogP contribution in [0.5, 0.6) is 5.88 Å². The molecule has 2 aromatic carbocycles. The zero-order valence-corrected chi connectivity index (χ0v) is 30.5. The third-order valence-electron chi connectivity index (χ3n) is 8.71. The molecule has 1 N–H and O–H groups in total. The van der Waals surface area contributed by atoms with Crippen molar-refractivity contribution in [3.05, 3.63) is 83.4 Å². The highest BCUT2D eigenvalue weighted by atomic mass is 32.2. The van der Waals surface area contributed by atoms with Gasteiger partial charge in [-0.15, -0.1) is 0 Å². The van der Waals surface area contributed by atoms with E-state index in [1.54, 1.807) is 35.5 Å². The van der Waals surface area contributed by atoms with Crippen molar-refractivity contribution < 1.29 is 22.7 Å². The smallest absolute Gasteiger partial charge is 0.264 e. The fraction of sp³-hybridized carbons (Fsp3) is 0.432. The van der Waals surface area contributed by atoms with Gasteiger partial charge in [0.25, 0.3) is 15.9 Å². The van der Waals surface area contributed by atoms with Crippen LogP contribution in [0.2, 0.25) is 0 Å². The van der Waals surface area contributed by atoms with E-state index in [-0.39, 0.29) is 59.0 Å². The van der Waals surface area contributed by atoms with Crippen LogP contribution in [0.3, 0.4) is 0 Å². The molecule has 0 spiro atoms. The van der Waals surface area contributed by atoms with E-state index in [0.717, 1.165) is 35.5 Å². The number of aryl methyl sites for hydroxylation is 2. The van der Waals surface area contributed by atoms with Gasteiger partial charge >= 0.3 is 0 Å². The maximum atomic E-state index is 14.4. The minimum absolute atomic E-state index is 0.0835. The van der Waals surface area contributed by atoms with Crippen LogP contribution in [0, 0.1) is 19.3 Å². The van der Waals surface area contributed by atoms with Crippen LogP contribution in [-0.4, -0.2) is 77.1 Å². The minimum Gasteiger partial charge on any atom is -0.475 e. The summed E-state index contributed by atoms with van der Waals surface area (Å²) in [5.41, 5.74) is 4.21. The van der Waals surface area contributed by atoms with Gasteiger partial charge in [0.05, 0.1) is 53.5 Å². The second kappa shape index (κ2) is 13.9. The molecule has 12 nitrogen and oxygen atoms in total. The molecule has 264 valence electrons. The van der Waals surface area contributed by atoms with Gasteiger partial charge in [0.15, 0.2) is 0 Å². The van der Waals surface area contributed by atoms with Gasteiger partial charge in [-0.05, 0) is 68.9 Å². The standard InChI is InChI=1S/C37H45N7O5S/c1-23(2)49-29-19-43(20-29)28-17-38-32(39-18-28)21-44-27(16-37(5,6)7)22-48-33-15-31(34-24(3)10-8-11-25(34)4)40-36(41-33)42-50(46,47)30-13-9-12-26(14-30)35(44)45/h8-15,17-18,23,27,29H,16,19-22H2,1-7H3,(H,40,41,42)/t27-/m1/s1. The number of amides is 1. The lowest BCUT2D eigenvalue weighted by molar-refractivity contribution is -0.00724. The molecule has 1 saturated heterocycles. The van der Waals surface area contributed by atoms with Gasteiger partial charge < -0.3 is 19.3 Å². The summed E-state index contributed by atoms with van der Waals surface area (Å²) in [5.74, 6) is 0.144. The molecule has 0 saturated carbocycles. The molecule has 6 rings (SSSR count). The lowest BCUT2D eigenvalue weighted by atomic mass is 9.87. The first kappa shape index (κ1) is 35.2. The molecular formula is C37H45N7O5S. The number of ether oxygens (including phenoxy) is 2. The predicted molar refractivity (Wildman–Crippen MR) is 192 cm³/mol. The van der Waals surface area contributed by atoms with Crippen molar-refractivity contribution in [1.29, 1.82) is 0 Å². The van der Waals surface area contributed by atoms with E-state index in [1.165, 1.54) is 12.1 Å². The summed E-state index contributed by atoms with van der Waals surface area (Å²) in [6.45, 7) is 16.0. The largest absolute Gasteiger partial charge is 0.475 e. The topological polar surface area (TPSA) is 140 Å². The molecule has 2 aliphatic heterocycles. The normalized spacial score (nSPS) is 18.0. The maximum absolute atomic E-state index is 14.4. The van der Waals surface area contributed by atoms with Crippen LogP contribution >= 0.6 is 0 Å². The Labute approximate surface area is 294 Å². The Morgan fingerprint density at radius 3 is 2.34 bits per heavy atom. The van der Waals surface area contributed by atoms with Crippen molar-refractivity contribution in [3.63, 3.8) is 0 Å². The lowest BCUT2D eigenvalue weighted by Gasteiger charge is -2.41. The molecule has 0 radical (unpaired) electrons. The molecule has 4 heterocycles. The zero-order valence-electron chi connectivity index (χ0n) is 29.7. The predicted octanol–water partition coefficient (Wildman–Crippen LogP) is 5.80. The van der Waals surface area contributed by atoms with Gasteiger partial charge in [-0.3, -0.25) is 4.79 Å². The number of carbonyl (C=O) groups excluding carboxylic acids is 1. The summed E-state index contributed by atoms with van der Waals surface area (Å²) in [6, 6.07) is 13.2. The first-order valence-electron chi connectivity index (χ1n) is 16.9. The van der Waals surface area contributed by atoms with Gasteiger partial charge in [0.1, 0.15) is 12.4 Å². The number of aromatic nitrogens is 4. The lowest BCUT2D eigenvalue weighted by Crippen LogP contribution is -2.53. The van der Waals surface area contributed by atoms with E-state index < -0.39 is 16.1 Å². The van der Waals surface area contributed by atoms with E-state index >= 15 is 0 Å². The highest BCUT2D eigenvalue weighted by molar-refractivity contribution is 7.92. The van der Waals surface area contributed by atoms with Crippen molar-refractivity contribution in [2.24, 2.45) is 5.41 Å². The van der Waals surface area contributed by atoms with E-state index in [2.05, 4.69) is 50.3 Å². The van der Waals surface area contributed by atoms with Crippen molar-refractivity contribution in [2.75, 3.05) is 29.3 Å². The number of benzene rings is 2. The Morgan fingerprint density at radius 1 is 1.00 bits per heavy atom. The van der Waals surface area contributed by atoms with Crippen molar-refractivity contribution in [2.45, 2.75) is 84.6 Å². The molecule has 0 aliphatic carbocycles. The SMILES string of the molecule is Cc1cccc(C)c1-c1cc2nc(n1)NS(=O)(=O)c1cccc(c1)C(=O)N(Cc1ncc(N3CC(OC(C)C)C3)cn1)[C@H](CC(C)(C)C)CO2. The molecule has 4 bridgehead atoms. The fourth-order valence-corrected chi connectivity index (χ4v) is 7.40. The molecule has 2 aliphatic rings. The average Bonchev–Trinajstić information content (AvgIpc) is 3.02. The number of nitrogens with zero attached hydrogens (tertiary/aromatic N) is 6. The third-order valence-corrected chi connectivity index (χ3v) is 10.0. The van der Waals surface area contributed by atoms with E-state index in [0.29, 0.717) is 17.9 Å². The highest BCUT2D eigenvalue weighted by Crippen LogP contribution is 2.32. The van der Waals surface area contributed by atoms with Gasteiger partial charge in [0, 0.05) is 30.3 Å². The van der Waals surface area contributed by atoms with Crippen LogP contribution in [0.15, 0.2) is 65.8 Å². The molecule has 50 heavy (non-hydrogen) atoms. The summed E-state index contributed by atoms with van der Waals surface area (Å²) in [6.07, 6.45) is 4.45. The molecule has 2 aromatic heterocycles. The second-order valence-electron chi connectivity index (χ2n) is 14.5. The third kappa shape index (κ3) is 8.05. The Kier molecular flexibility index (Phi) is 9.82. The number of rotatable bonds is 7.